The van der Waals surface area contributed by atoms with Crippen molar-refractivity contribution in [2.24, 2.45) is 0 Å². The summed E-state index contributed by atoms with van der Waals surface area (Å²) in [7, 11) is 0. The molecule has 0 unspecified atom stereocenters. The van der Waals surface area contributed by atoms with Crippen molar-refractivity contribution >= 4 is 34.1 Å². The molecule has 0 aromatic heterocycles. The van der Waals surface area contributed by atoms with Gasteiger partial charge in [0.2, 0.25) is 0 Å². The molecule has 0 radical (unpaired) electrons. The van der Waals surface area contributed by atoms with Gasteiger partial charge in [0.15, 0.2) is 0 Å². The van der Waals surface area contributed by atoms with Crippen LogP contribution in [0.1, 0.15) is 0 Å². The molecule has 26 valence electrons. The SMILES string of the molecule is [Au+].[K+].[K+].[K+].[Se-2].[Se-2]. The zero-order valence-electron chi connectivity index (χ0n) is 4.12. The van der Waals surface area contributed by atoms with Crippen molar-refractivity contribution in [1.82, 2.24) is 0 Å². The molecule has 0 aliphatic carbocycles. The molecule has 0 aliphatic heterocycles. The summed E-state index contributed by atoms with van der Waals surface area (Å²) in [5.74, 6) is 0. The zero-order chi connectivity index (χ0) is 0. The fraction of sp³-hybridized carbons (Fsp3) is 0. The zero-order valence-corrected chi connectivity index (χ0v) is 19.1. The van der Waals surface area contributed by atoms with Gasteiger partial charge < -0.3 is 34.1 Å². The van der Waals surface area contributed by atoms with Crippen molar-refractivity contribution in [3.63, 3.8) is 0 Å². The van der Waals surface area contributed by atoms with Gasteiger partial charge in [-0.05, 0) is 0 Å². The third-order valence-corrected chi connectivity index (χ3v) is 0. The third-order valence-electron chi connectivity index (χ3n) is 0. The maximum absolute atomic E-state index is 0. The molecular weight excluding hydrogens is 472 g/mol. The average Bonchev–Trinajstić information content (AvgIpc) is 0. The van der Waals surface area contributed by atoms with Gasteiger partial charge in [-0.15, -0.1) is 0 Å². The first-order chi connectivity index (χ1) is 0. The van der Waals surface area contributed by atoms with Crippen LogP contribution in [0.15, 0.2) is 0 Å². The van der Waals surface area contributed by atoms with Gasteiger partial charge >= 0.3 is 177 Å². The Bertz CT molecular complexity index is 8.75. The van der Waals surface area contributed by atoms with Crippen molar-refractivity contribution in [2.45, 2.75) is 0 Å². The molecule has 0 aliphatic rings. The van der Waals surface area contributed by atoms with E-state index >= 15 is 0 Å². The average molecular weight is 472 g/mol. The maximum atomic E-state index is 0. The standard InChI is InChI=1S/Au.3K.2Se/q4*+1;2*-2. The Kier molecular flexibility index (Phi) is 193. The second kappa shape index (κ2) is 29.8. The van der Waals surface area contributed by atoms with Crippen LogP contribution < -0.4 is 154 Å². The van der Waals surface area contributed by atoms with E-state index in [1.54, 1.807) is 0 Å². The van der Waals surface area contributed by atoms with Crippen molar-refractivity contribution in [2.75, 3.05) is 0 Å². The molecule has 6 heteroatoms. The molecule has 0 spiro atoms. The summed E-state index contributed by atoms with van der Waals surface area (Å²) in [6, 6.07) is 0. The van der Waals surface area contributed by atoms with E-state index in [-0.39, 0.29) is 211 Å². The monoisotopic (exact) mass is 474 g/mol. The summed E-state index contributed by atoms with van der Waals surface area (Å²) < 4.78 is 0. The second-order valence-electron chi connectivity index (χ2n) is 0. The van der Waals surface area contributed by atoms with Crippen molar-refractivity contribution in [3.8, 4) is 0 Å². The first-order valence-electron chi connectivity index (χ1n) is 0. The summed E-state index contributed by atoms with van der Waals surface area (Å²) >= 11 is 0. The van der Waals surface area contributed by atoms with Gasteiger partial charge in [-0.2, -0.15) is 0 Å². The fourth-order valence-electron chi connectivity index (χ4n) is 0. The Hall–Kier alpha value is 6.69. The van der Waals surface area contributed by atoms with Crippen LogP contribution in [0.25, 0.3) is 0 Å². The van der Waals surface area contributed by atoms with Crippen molar-refractivity contribution in [3.05, 3.63) is 0 Å². The van der Waals surface area contributed by atoms with E-state index in [0.29, 0.717) is 0 Å². The molecule has 0 bridgehead atoms. The quantitative estimate of drug-likeness (QED) is 0.308. The molecular formula is AuK3Se2. The van der Waals surface area contributed by atoms with Crippen LogP contribution in [-0.4, -0.2) is 34.1 Å². The van der Waals surface area contributed by atoms with Crippen molar-refractivity contribution in [1.29, 1.82) is 0 Å². The van der Waals surface area contributed by atoms with Crippen molar-refractivity contribution < 1.29 is 177 Å². The topological polar surface area (TPSA) is 0 Å². The van der Waals surface area contributed by atoms with Gasteiger partial charge in [-0.1, -0.05) is 0 Å². The summed E-state index contributed by atoms with van der Waals surface area (Å²) in [6.07, 6.45) is 0. The van der Waals surface area contributed by atoms with E-state index in [1.807, 2.05) is 0 Å². The van der Waals surface area contributed by atoms with E-state index in [2.05, 4.69) is 0 Å². The van der Waals surface area contributed by atoms with Crippen LogP contribution in [0.5, 0.6) is 0 Å². The predicted octanol–water partition coefficient (Wildman–Crippen LogP) is -9.75. The number of hydrogen-bond donors (Lipinski definition) is 0. The van der Waals surface area contributed by atoms with Gasteiger partial charge in [-0.3, -0.25) is 0 Å². The minimum atomic E-state index is 0. The van der Waals surface area contributed by atoms with Gasteiger partial charge in [0.1, 0.15) is 0 Å². The van der Waals surface area contributed by atoms with Gasteiger partial charge in [-0.25, -0.2) is 0 Å². The second-order valence-corrected chi connectivity index (χ2v) is 0. The molecule has 0 fully saturated rings. The molecule has 0 aromatic rings. The summed E-state index contributed by atoms with van der Waals surface area (Å²) in [5.41, 5.74) is 0. The Morgan fingerprint density at radius 1 is 0.500 bits per heavy atom. The van der Waals surface area contributed by atoms with Gasteiger partial charge in [0.05, 0.1) is 0 Å². The molecule has 0 atom stereocenters. The maximum Gasteiger partial charge on any atom is 1.00 e. The Balaban J connectivity index is 0. The van der Waals surface area contributed by atoms with E-state index < -0.39 is 0 Å². The van der Waals surface area contributed by atoms with Crippen LogP contribution in [0.4, 0.5) is 0 Å². The fourth-order valence-corrected chi connectivity index (χ4v) is 0. The molecule has 0 aromatic carbocycles. The number of hydrogen-bond acceptors (Lipinski definition) is 0. The first kappa shape index (κ1) is 38.8. The van der Waals surface area contributed by atoms with Crippen LogP contribution >= 0.6 is 0 Å². The van der Waals surface area contributed by atoms with E-state index in [4.69, 9.17) is 0 Å². The van der Waals surface area contributed by atoms with Gasteiger partial charge in [0.25, 0.3) is 0 Å². The largest absolute Gasteiger partial charge is 2.00 e. The molecule has 0 nitrogen and oxygen atoms in total. The third kappa shape index (κ3) is 22.4. The Morgan fingerprint density at radius 2 is 0.500 bits per heavy atom. The minimum Gasteiger partial charge on any atom is -2.00 e. The number of rotatable bonds is 0. The molecule has 0 heterocycles. The molecule has 0 N–H and O–H groups in total. The smallest absolute Gasteiger partial charge is 1.00 e. The minimum absolute atomic E-state index is 0. The van der Waals surface area contributed by atoms with Crippen LogP contribution in [0.2, 0.25) is 0 Å². The molecule has 0 saturated carbocycles. The normalized spacial score (nSPS) is 0. The molecule has 0 saturated heterocycles. The Labute approximate surface area is 203 Å². The van der Waals surface area contributed by atoms with Crippen LogP contribution in [-0.2, 0) is 22.4 Å². The van der Waals surface area contributed by atoms with Crippen LogP contribution in [0, 0.1) is 0 Å². The molecule has 0 amide bonds. The van der Waals surface area contributed by atoms with Gasteiger partial charge in [0, 0.05) is 0 Å². The summed E-state index contributed by atoms with van der Waals surface area (Å²) in [4.78, 5) is 0. The summed E-state index contributed by atoms with van der Waals surface area (Å²) in [6.45, 7) is 0. The van der Waals surface area contributed by atoms with Crippen LogP contribution in [0.3, 0.4) is 0 Å². The van der Waals surface area contributed by atoms with E-state index in [1.165, 1.54) is 0 Å². The molecule has 0 rings (SSSR count). The molecule has 6 heavy (non-hydrogen) atoms. The predicted molar refractivity (Wildman–Crippen MR) is 11.5 cm³/mol. The Morgan fingerprint density at radius 3 is 0.500 bits per heavy atom. The van der Waals surface area contributed by atoms with E-state index in [9.17, 15) is 0 Å². The summed E-state index contributed by atoms with van der Waals surface area (Å²) in [5, 5.41) is 0. The van der Waals surface area contributed by atoms with E-state index in [0.717, 1.165) is 0 Å². The first-order valence-corrected chi connectivity index (χ1v) is 0.